The molecule has 6 heteroatoms. The Hall–Kier alpha value is -2.70. The summed E-state index contributed by atoms with van der Waals surface area (Å²) in [4.78, 5) is 22.9. The third-order valence-corrected chi connectivity index (χ3v) is 4.95. The van der Waals surface area contributed by atoms with Crippen LogP contribution in [0.1, 0.15) is 36.5 Å². The number of hydrogen-bond donors (Lipinski definition) is 2. The van der Waals surface area contributed by atoms with Gasteiger partial charge in [0.1, 0.15) is 0 Å². The molecule has 2 aromatic rings. The van der Waals surface area contributed by atoms with Crippen molar-refractivity contribution < 1.29 is 19.4 Å². The van der Waals surface area contributed by atoms with E-state index in [-0.39, 0.29) is 18.4 Å². The Morgan fingerprint density at radius 3 is 2.57 bits per heavy atom. The zero-order chi connectivity index (χ0) is 21.6. The van der Waals surface area contributed by atoms with E-state index in [1.165, 1.54) is 16.7 Å². The molecule has 0 aromatic heterocycles. The Kier molecular flexibility index (Phi) is 10.6. The van der Waals surface area contributed by atoms with Crippen LogP contribution in [0.3, 0.4) is 0 Å². The van der Waals surface area contributed by atoms with E-state index in [0.29, 0.717) is 19.6 Å². The lowest BCUT2D eigenvalue weighted by Crippen LogP contribution is -2.43. The monoisotopic (exact) mass is 412 g/mol. The molecule has 1 atom stereocenters. The van der Waals surface area contributed by atoms with Crippen molar-refractivity contribution in [3.63, 3.8) is 0 Å². The molecule has 0 spiro atoms. The second-order valence-corrected chi connectivity index (χ2v) is 7.47. The number of nitrogens with one attached hydrogen (secondary N) is 1. The van der Waals surface area contributed by atoms with Gasteiger partial charge in [-0.2, -0.15) is 0 Å². The largest absolute Gasteiger partial charge is 0.483 e. The van der Waals surface area contributed by atoms with E-state index in [0.717, 1.165) is 32.5 Å². The lowest BCUT2D eigenvalue weighted by Gasteiger charge is -2.31. The Morgan fingerprint density at radius 2 is 1.83 bits per heavy atom. The molecule has 0 bridgehead atoms. The van der Waals surface area contributed by atoms with Crippen LogP contribution in [0.2, 0.25) is 0 Å². The number of rotatable bonds is 9. The first-order valence-corrected chi connectivity index (χ1v) is 10.4. The van der Waals surface area contributed by atoms with E-state index in [1.807, 2.05) is 30.3 Å². The van der Waals surface area contributed by atoms with Gasteiger partial charge < -0.3 is 15.2 Å². The molecule has 0 saturated carbocycles. The van der Waals surface area contributed by atoms with Gasteiger partial charge in [0.05, 0.1) is 6.61 Å². The maximum absolute atomic E-state index is 12.1. The summed E-state index contributed by atoms with van der Waals surface area (Å²) < 4.78 is 5.64. The van der Waals surface area contributed by atoms with Gasteiger partial charge >= 0.3 is 0 Å². The quantitative estimate of drug-likeness (QED) is 0.488. The molecule has 162 valence electrons. The van der Waals surface area contributed by atoms with Gasteiger partial charge in [0.2, 0.25) is 5.91 Å². The summed E-state index contributed by atoms with van der Waals surface area (Å²) in [5, 5.41) is 10.0. The summed E-state index contributed by atoms with van der Waals surface area (Å²) in [7, 11) is 0. The molecule has 1 amide bonds. The Bertz CT molecular complexity index is 767. The minimum atomic E-state index is -0.250. The van der Waals surface area contributed by atoms with Gasteiger partial charge in [0, 0.05) is 38.7 Å². The van der Waals surface area contributed by atoms with Crippen molar-refractivity contribution in [3.05, 3.63) is 71.3 Å². The molecule has 1 aliphatic heterocycles. The highest BCUT2D eigenvalue weighted by Gasteiger charge is 2.18. The molecule has 0 saturated heterocycles. The predicted molar refractivity (Wildman–Crippen MR) is 117 cm³/mol. The maximum Gasteiger partial charge on any atom is 0.290 e. The van der Waals surface area contributed by atoms with Crippen LogP contribution in [0.5, 0.6) is 0 Å². The summed E-state index contributed by atoms with van der Waals surface area (Å²) in [6.07, 6.45) is 2.36. The number of fused-ring (bicyclic) bond motifs is 1. The van der Waals surface area contributed by atoms with Gasteiger partial charge in [-0.25, -0.2) is 0 Å². The SMILES string of the molecule is CC(CN1CCc2ccccc2C1)NC(=O)CCCOCc1ccccc1.O=CO. The minimum Gasteiger partial charge on any atom is -0.483 e. The van der Waals surface area contributed by atoms with Crippen LogP contribution in [0.15, 0.2) is 54.6 Å². The molecule has 0 aliphatic carbocycles. The average Bonchev–Trinajstić information content (AvgIpc) is 2.74. The Balaban J connectivity index is 0.00000101. The molecule has 2 aromatic carbocycles. The number of benzene rings is 2. The number of ether oxygens (including phenoxy) is 1. The fraction of sp³-hybridized carbons (Fsp3) is 0.417. The second-order valence-electron chi connectivity index (χ2n) is 7.47. The average molecular weight is 413 g/mol. The van der Waals surface area contributed by atoms with Crippen LogP contribution in [0.25, 0.3) is 0 Å². The molecule has 1 aliphatic rings. The number of amides is 1. The first-order chi connectivity index (χ1) is 14.6. The molecule has 0 fully saturated rings. The number of carbonyl (C=O) groups excluding carboxylic acids is 1. The standard InChI is InChI=1S/C23H30N2O2.CH2O2/c1-19(16-25-14-13-21-10-5-6-11-22(21)17-25)24-23(26)12-7-15-27-18-20-8-3-2-4-9-20;2-1-3/h2-6,8-11,19H,7,12-18H2,1H3,(H,24,26);1H,(H,2,3). The lowest BCUT2D eigenvalue weighted by atomic mass is 10.00. The van der Waals surface area contributed by atoms with Crippen molar-refractivity contribution in [3.8, 4) is 0 Å². The van der Waals surface area contributed by atoms with Gasteiger partial charge in [-0.3, -0.25) is 14.5 Å². The van der Waals surface area contributed by atoms with E-state index in [1.54, 1.807) is 0 Å². The zero-order valence-corrected chi connectivity index (χ0v) is 17.6. The predicted octanol–water partition coefficient (Wildman–Crippen LogP) is 3.25. The highest BCUT2D eigenvalue weighted by molar-refractivity contribution is 5.76. The third kappa shape index (κ3) is 8.76. The molecule has 30 heavy (non-hydrogen) atoms. The minimum absolute atomic E-state index is 0.114. The van der Waals surface area contributed by atoms with Crippen molar-refractivity contribution in [2.45, 2.75) is 45.4 Å². The Morgan fingerprint density at radius 1 is 1.17 bits per heavy atom. The summed E-state index contributed by atoms with van der Waals surface area (Å²) in [6.45, 7) is 5.98. The first kappa shape index (κ1) is 23.6. The van der Waals surface area contributed by atoms with Crippen LogP contribution in [-0.2, 0) is 33.9 Å². The van der Waals surface area contributed by atoms with Crippen molar-refractivity contribution in [1.82, 2.24) is 10.2 Å². The van der Waals surface area contributed by atoms with Crippen LogP contribution < -0.4 is 5.32 Å². The van der Waals surface area contributed by atoms with Crippen LogP contribution in [-0.4, -0.2) is 48.1 Å². The molecule has 6 nitrogen and oxygen atoms in total. The van der Waals surface area contributed by atoms with Gasteiger partial charge in [-0.05, 0) is 36.5 Å². The molecular weight excluding hydrogens is 380 g/mol. The smallest absolute Gasteiger partial charge is 0.290 e. The van der Waals surface area contributed by atoms with E-state index in [2.05, 4.69) is 41.4 Å². The normalized spacial score (nSPS) is 14.0. The van der Waals surface area contributed by atoms with Crippen molar-refractivity contribution in [2.24, 2.45) is 0 Å². The molecule has 1 heterocycles. The molecule has 3 rings (SSSR count). The highest BCUT2D eigenvalue weighted by atomic mass is 16.5. The summed E-state index contributed by atoms with van der Waals surface area (Å²) in [5.74, 6) is 0.114. The Labute approximate surface area is 178 Å². The zero-order valence-electron chi connectivity index (χ0n) is 17.6. The van der Waals surface area contributed by atoms with E-state index < -0.39 is 0 Å². The van der Waals surface area contributed by atoms with E-state index in [4.69, 9.17) is 14.6 Å². The van der Waals surface area contributed by atoms with Crippen molar-refractivity contribution >= 4 is 12.4 Å². The summed E-state index contributed by atoms with van der Waals surface area (Å²) in [6, 6.07) is 18.9. The van der Waals surface area contributed by atoms with Crippen molar-refractivity contribution in [2.75, 3.05) is 19.7 Å². The maximum atomic E-state index is 12.1. The van der Waals surface area contributed by atoms with Gasteiger partial charge in [0.15, 0.2) is 0 Å². The van der Waals surface area contributed by atoms with Gasteiger partial charge in [-0.1, -0.05) is 54.6 Å². The fourth-order valence-corrected chi connectivity index (χ4v) is 3.59. The number of nitrogens with zero attached hydrogens (tertiary/aromatic N) is 1. The first-order valence-electron chi connectivity index (χ1n) is 10.4. The van der Waals surface area contributed by atoms with Crippen LogP contribution >= 0.6 is 0 Å². The van der Waals surface area contributed by atoms with Crippen molar-refractivity contribution in [1.29, 1.82) is 0 Å². The summed E-state index contributed by atoms with van der Waals surface area (Å²) >= 11 is 0. The fourth-order valence-electron chi connectivity index (χ4n) is 3.59. The van der Waals surface area contributed by atoms with Gasteiger partial charge in [-0.15, -0.1) is 0 Å². The number of carbonyl (C=O) groups is 2. The number of carboxylic acid groups (broad SMARTS) is 1. The topological polar surface area (TPSA) is 78.9 Å². The van der Waals surface area contributed by atoms with Crippen LogP contribution in [0.4, 0.5) is 0 Å². The molecule has 2 N–H and O–H groups in total. The molecule has 1 unspecified atom stereocenters. The van der Waals surface area contributed by atoms with Crippen LogP contribution in [0, 0.1) is 0 Å². The summed E-state index contributed by atoms with van der Waals surface area (Å²) in [5.41, 5.74) is 4.04. The molecule has 0 radical (unpaired) electrons. The third-order valence-electron chi connectivity index (χ3n) is 4.95. The van der Waals surface area contributed by atoms with E-state index >= 15 is 0 Å². The van der Waals surface area contributed by atoms with E-state index in [9.17, 15) is 4.79 Å². The molecular formula is C24H32N2O4. The highest BCUT2D eigenvalue weighted by Crippen LogP contribution is 2.18. The second kappa shape index (κ2) is 13.5. The van der Waals surface area contributed by atoms with Gasteiger partial charge in [0.25, 0.3) is 6.47 Å². The lowest BCUT2D eigenvalue weighted by molar-refractivity contribution is -0.123. The number of hydrogen-bond acceptors (Lipinski definition) is 4.